The highest BCUT2D eigenvalue weighted by atomic mass is 19.1. The van der Waals surface area contributed by atoms with Crippen LogP contribution in [0.5, 0.6) is 0 Å². The van der Waals surface area contributed by atoms with Gasteiger partial charge in [0.2, 0.25) is 5.91 Å². The minimum Gasteiger partial charge on any atom is -0.399 e. The predicted molar refractivity (Wildman–Crippen MR) is 78.9 cm³/mol. The van der Waals surface area contributed by atoms with Crippen molar-refractivity contribution in [3.05, 3.63) is 59.7 Å². The van der Waals surface area contributed by atoms with E-state index in [-0.39, 0.29) is 17.9 Å². The van der Waals surface area contributed by atoms with Gasteiger partial charge in [-0.3, -0.25) is 4.79 Å². The smallest absolute Gasteiger partial charge is 0.231 e. The van der Waals surface area contributed by atoms with Crippen molar-refractivity contribution in [1.82, 2.24) is 0 Å². The minimum absolute atomic E-state index is 0.218. The lowest BCUT2D eigenvalue weighted by Gasteiger charge is -2.21. The Bertz CT molecular complexity index is 638. The number of carbonyl (C=O) groups excluding carboxylic acids is 1. The monoisotopic (exact) mass is 290 g/mol. The molecule has 3 nitrogen and oxygen atoms in total. The fourth-order valence-electron chi connectivity index (χ4n) is 2.14. The first-order valence-electron chi connectivity index (χ1n) is 6.61. The number of hydrogen-bond donors (Lipinski definition) is 1. The van der Waals surface area contributed by atoms with E-state index in [0.717, 1.165) is 12.1 Å². The molecule has 0 unspecified atom stereocenters. The first-order chi connectivity index (χ1) is 10.0. The molecule has 0 bridgehead atoms. The van der Waals surface area contributed by atoms with Gasteiger partial charge in [0, 0.05) is 23.5 Å². The number of anilines is 2. The molecule has 21 heavy (non-hydrogen) atoms. The zero-order valence-electron chi connectivity index (χ0n) is 11.6. The molecule has 0 aromatic heterocycles. The van der Waals surface area contributed by atoms with Crippen LogP contribution in [0, 0.1) is 11.6 Å². The van der Waals surface area contributed by atoms with Crippen LogP contribution in [0.15, 0.2) is 42.5 Å². The molecule has 2 N–H and O–H groups in total. The number of rotatable bonds is 4. The lowest BCUT2D eigenvalue weighted by Crippen LogP contribution is -2.32. The number of halogens is 2. The van der Waals surface area contributed by atoms with Crippen LogP contribution in [0.3, 0.4) is 0 Å². The van der Waals surface area contributed by atoms with Gasteiger partial charge in [-0.05, 0) is 37.3 Å². The van der Waals surface area contributed by atoms with Crippen molar-refractivity contribution in [2.45, 2.75) is 13.3 Å². The Morgan fingerprint density at radius 3 is 2.33 bits per heavy atom. The lowest BCUT2D eigenvalue weighted by molar-refractivity contribution is -0.118. The maximum Gasteiger partial charge on any atom is 0.231 e. The van der Waals surface area contributed by atoms with Crippen LogP contribution in [-0.4, -0.2) is 12.5 Å². The Morgan fingerprint density at radius 1 is 1.14 bits per heavy atom. The number of likely N-dealkylation sites (N-methyl/N-ethyl adjacent to an activating group) is 1. The second kappa shape index (κ2) is 6.35. The molecule has 2 aromatic rings. The standard InChI is InChI=1S/C16H16F2N2O/c1-2-20(12-6-3-5-11(19)9-12)16(21)10-13-14(17)7-4-8-15(13)18/h3-9H,2,10,19H2,1H3. The first-order valence-corrected chi connectivity index (χ1v) is 6.61. The van der Waals surface area contributed by atoms with Crippen LogP contribution in [0.2, 0.25) is 0 Å². The summed E-state index contributed by atoms with van der Waals surface area (Å²) in [7, 11) is 0. The summed E-state index contributed by atoms with van der Waals surface area (Å²) in [6.07, 6.45) is -0.332. The van der Waals surface area contributed by atoms with Gasteiger partial charge in [0.15, 0.2) is 0 Å². The molecule has 110 valence electrons. The van der Waals surface area contributed by atoms with Gasteiger partial charge in [-0.25, -0.2) is 8.78 Å². The highest BCUT2D eigenvalue weighted by Gasteiger charge is 2.18. The predicted octanol–water partition coefficient (Wildman–Crippen LogP) is 3.14. The van der Waals surface area contributed by atoms with Crippen LogP contribution in [-0.2, 0) is 11.2 Å². The van der Waals surface area contributed by atoms with E-state index >= 15 is 0 Å². The van der Waals surface area contributed by atoms with Gasteiger partial charge in [0.05, 0.1) is 6.42 Å². The average Bonchev–Trinajstić information content (AvgIpc) is 2.44. The van der Waals surface area contributed by atoms with E-state index in [2.05, 4.69) is 0 Å². The Hall–Kier alpha value is -2.43. The van der Waals surface area contributed by atoms with Gasteiger partial charge in [-0.15, -0.1) is 0 Å². The van der Waals surface area contributed by atoms with E-state index in [1.165, 1.54) is 11.0 Å². The summed E-state index contributed by atoms with van der Waals surface area (Å²) in [4.78, 5) is 13.8. The number of nitrogens with two attached hydrogens (primary N) is 1. The molecular weight excluding hydrogens is 274 g/mol. The van der Waals surface area contributed by atoms with E-state index in [4.69, 9.17) is 5.73 Å². The SMILES string of the molecule is CCN(C(=O)Cc1c(F)cccc1F)c1cccc(N)c1. The van der Waals surface area contributed by atoms with Crippen molar-refractivity contribution in [2.75, 3.05) is 17.2 Å². The van der Waals surface area contributed by atoms with Crippen molar-refractivity contribution >= 4 is 17.3 Å². The molecule has 0 fully saturated rings. The lowest BCUT2D eigenvalue weighted by atomic mass is 10.1. The largest absolute Gasteiger partial charge is 0.399 e. The highest BCUT2D eigenvalue weighted by molar-refractivity contribution is 5.95. The van der Waals surface area contributed by atoms with Crippen molar-refractivity contribution in [3.8, 4) is 0 Å². The third kappa shape index (κ3) is 3.37. The van der Waals surface area contributed by atoms with Crippen LogP contribution in [0.25, 0.3) is 0 Å². The second-order valence-corrected chi connectivity index (χ2v) is 4.61. The molecule has 2 rings (SSSR count). The van der Waals surface area contributed by atoms with Crippen LogP contribution >= 0.6 is 0 Å². The quantitative estimate of drug-likeness (QED) is 0.879. The van der Waals surface area contributed by atoms with E-state index in [1.807, 2.05) is 0 Å². The molecule has 0 spiro atoms. The molecule has 2 aromatic carbocycles. The molecule has 0 atom stereocenters. The molecule has 5 heteroatoms. The van der Waals surface area contributed by atoms with Gasteiger partial charge < -0.3 is 10.6 Å². The zero-order chi connectivity index (χ0) is 15.4. The number of nitrogens with zero attached hydrogens (tertiary/aromatic N) is 1. The number of nitrogen functional groups attached to an aromatic ring is 1. The summed E-state index contributed by atoms with van der Waals surface area (Å²) in [5.74, 6) is -1.81. The fourth-order valence-corrected chi connectivity index (χ4v) is 2.14. The average molecular weight is 290 g/mol. The molecule has 0 heterocycles. The number of carbonyl (C=O) groups is 1. The van der Waals surface area contributed by atoms with Gasteiger partial charge in [-0.2, -0.15) is 0 Å². The summed E-state index contributed by atoms with van der Waals surface area (Å²) in [6, 6.07) is 10.4. The Labute approximate surface area is 122 Å². The third-order valence-electron chi connectivity index (χ3n) is 3.19. The summed E-state index contributed by atoms with van der Waals surface area (Å²) in [5, 5.41) is 0. The van der Waals surface area contributed by atoms with Gasteiger partial charge in [-0.1, -0.05) is 12.1 Å². The minimum atomic E-state index is -0.716. The van der Waals surface area contributed by atoms with Crippen molar-refractivity contribution in [3.63, 3.8) is 0 Å². The van der Waals surface area contributed by atoms with Crippen molar-refractivity contribution in [1.29, 1.82) is 0 Å². The summed E-state index contributed by atoms with van der Waals surface area (Å²) in [5.41, 5.74) is 6.61. The van der Waals surface area contributed by atoms with Crippen LogP contribution in [0.4, 0.5) is 20.2 Å². The van der Waals surface area contributed by atoms with Crippen LogP contribution in [0.1, 0.15) is 12.5 Å². The first kappa shape index (κ1) is 15.0. The third-order valence-corrected chi connectivity index (χ3v) is 3.19. The molecule has 0 radical (unpaired) electrons. The highest BCUT2D eigenvalue weighted by Crippen LogP contribution is 2.20. The molecule has 0 aliphatic heterocycles. The Kier molecular flexibility index (Phi) is 4.52. The topological polar surface area (TPSA) is 46.3 Å². The van der Waals surface area contributed by atoms with Gasteiger partial charge >= 0.3 is 0 Å². The summed E-state index contributed by atoms with van der Waals surface area (Å²) >= 11 is 0. The number of amides is 1. The second-order valence-electron chi connectivity index (χ2n) is 4.61. The molecule has 0 aliphatic rings. The number of hydrogen-bond acceptors (Lipinski definition) is 2. The number of benzene rings is 2. The maximum absolute atomic E-state index is 13.6. The van der Waals surface area contributed by atoms with E-state index < -0.39 is 11.6 Å². The zero-order valence-corrected chi connectivity index (χ0v) is 11.6. The van der Waals surface area contributed by atoms with E-state index in [1.54, 1.807) is 31.2 Å². The van der Waals surface area contributed by atoms with E-state index in [9.17, 15) is 13.6 Å². The maximum atomic E-state index is 13.6. The van der Waals surface area contributed by atoms with Crippen LogP contribution < -0.4 is 10.6 Å². The fraction of sp³-hybridized carbons (Fsp3) is 0.188. The Balaban J connectivity index is 2.25. The molecule has 0 saturated carbocycles. The van der Waals surface area contributed by atoms with E-state index in [0.29, 0.717) is 17.9 Å². The molecule has 0 aliphatic carbocycles. The Morgan fingerprint density at radius 2 is 1.76 bits per heavy atom. The van der Waals surface area contributed by atoms with Gasteiger partial charge in [0.25, 0.3) is 0 Å². The normalized spacial score (nSPS) is 10.4. The van der Waals surface area contributed by atoms with Crippen molar-refractivity contribution < 1.29 is 13.6 Å². The molecule has 0 saturated heterocycles. The van der Waals surface area contributed by atoms with Crippen molar-refractivity contribution in [2.24, 2.45) is 0 Å². The molecule has 1 amide bonds. The summed E-state index contributed by atoms with van der Waals surface area (Å²) < 4.78 is 27.2. The summed E-state index contributed by atoms with van der Waals surface area (Å²) in [6.45, 7) is 2.18. The van der Waals surface area contributed by atoms with Gasteiger partial charge in [0.1, 0.15) is 11.6 Å². The molecular formula is C16H16F2N2O.